The molecule has 0 spiro atoms. The first-order valence-electron chi connectivity index (χ1n) is 5.77. The lowest BCUT2D eigenvalue weighted by Crippen LogP contribution is -2.15. The third kappa shape index (κ3) is 2.09. The maximum Gasteiger partial charge on any atom is 0.244 e. The van der Waals surface area contributed by atoms with Gasteiger partial charge < -0.3 is 14.9 Å². The molecule has 2 N–H and O–H groups in total. The van der Waals surface area contributed by atoms with E-state index in [1.165, 1.54) is 0 Å². The number of nitrogens with one attached hydrogen (secondary N) is 1. The summed E-state index contributed by atoms with van der Waals surface area (Å²) in [6.07, 6.45) is 1.89. The van der Waals surface area contributed by atoms with E-state index in [-0.39, 0.29) is 12.1 Å². The topological polar surface area (TPSA) is 97.0 Å². The van der Waals surface area contributed by atoms with Gasteiger partial charge in [-0.1, -0.05) is 5.16 Å². The standard InChI is InChI=1S/C11H13N5O2/c1-6-12-3-2-8(14-6)10-15-11(18-16-10)9-4-7(17)5-13-9/h2-3,7,9,13,17H,4-5H2,1H3. The SMILES string of the molecule is Cc1nccc(-c2noc(C3CC(O)CN3)n2)n1. The molecule has 2 atom stereocenters. The van der Waals surface area contributed by atoms with Gasteiger partial charge in [-0.15, -0.1) is 0 Å². The molecule has 2 aromatic rings. The van der Waals surface area contributed by atoms with Gasteiger partial charge >= 0.3 is 0 Å². The van der Waals surface area contributed by atoms with Gasteiger partial charge in [-0.25, -0.2) is 9.97 Å². The molecule has 1 aliphatic heterocycles. The highest BCUT2D eigenvalue weighted by atomic mass is 16.5. The van der Waals surface area contributed by atoms with Crippen molar-refractivity contribution in [2.75, 3.05) is 6.54 Å². The van der Waals surface area contributed by atoms with E-state index < -0.39 is 0 Å². The van der Waals surface area contributed by atoms with Crippen molar-refractivity contribution in [3.63, 3.8) is 0 Å². The second-order valence-corrected chi connectivity index (χ2v) is 4.30. The molecular weight excluding hydrogens is 234 g/mol. The molecule has 7 nitrogen and oxygen atoms in total. The fourth-order valence-electron chi connectivity index (χ4n) is 1.97. The van der Waals surface area contributed by atoms with Crippen molar-refractivity contribution in [1.29, 1.82) is 0 Å². The van der Waals surface area contributed by atoms with Crippen LogP contribution in [-0.2, 0) is 0 Å². The molecular formula is C11H13N5O2. The summed E-state index contributed by atoms with van der Waals surface area (Å²) in [5.41, 5.74) is 0.635. The van der Waals surface area contributed by atoms with Crippen molar-refractivity contribution < 1.29 is 9.63 Å². The van der Waals surface area contributed by atoms with Crippen LogP contribution in [0, 0.1) is 6.92 Å². The van der Waals surface area contributed by atoms with Crippen molar-refractivity contribution in [1.82, 2.24) is 25.4 Å². The van der Waals surface area contributed by atoms with E-state index in [1.54, 1.807) is 19.2 Å². The molecule has 1 saturated heterocycles. The lowest BCUT2D eigenvalue weighted by molar-refractivity contribution is 0.191. The Morgan fingerprint density at radius 2 is 2.33 bits per heavy atom. The van der Waals surface area contributed by atoms with Crippen molar-refractivity contribution in [3.05, 3.63) is 24.0 Å². The van der Waals surface area contributed by atoms with E-state index >= 15 is 0 Å². The normalized spacial score (nSPS) is 23.4. The second kappa shape index (κ2) is 4.43. The average Bonchev–Trinajstić information content (AvgIpc) is 2.97. The molecule has 18 heavy (non-hydrogen) atoms. The minimum absolute atomic E-state index is 0.0795. The Hall–Kier alpha value is -1.86. The highest BCUT2D eigenvalue weighted by molar-refractivity contribution is 5.47. The van der Waals surface area contributed by atoms with Gasteiger partial charge in [0.2, 0.25) is 11.7 Å². The number of aromatic nitrogens is 4. The average molecular weight is 247 g/mol. The van der Waals surface area contributed by atoms with Gasteiger partial charge in [-0.3, -0.25) is 0 Å². The number of hydrogen-bond donors (Lipinski definition) is 2. The second-order valence-electron chi connectivity index (χ2n) is 4.30. The Morgan fingerprint density at radius 1 is 1.44 bits per heavy atom. The summed E-state index contributed by atoms with van der Waals surface area (Å²) in [4.78, 5) is 12.5. The van der Waals surface area contributed by atoms with Crippen LogP contribution in [0.5, 0.6) is 0 Å². The first-order chi connectivity index (χ1) is 8.72. The number of aliphatic hydroxyl groups excluding tert-OH is 1. The van der Waals surface area contributed by atoms with E-state index in [2.05, 4.69) is 25.4 Å². The number of β-amino-alcohol motifs (C(OH)–C–C–N with tert-alkyl or cyclic N) is 1. The molecule has 1 aliphatic rings. The van der Waals surface area contributed by atoms with Crippen LogP contribution >= 0.6 is 0 Å². The van der Waals surface area contributed by atoms with Gasteiger partial charge in [0.05, 0.1) is 12.1 Å². The number of nitrogens with zero attached hydrogens (tertiary/aromatic N) is 4. The van der Waals surface area contributed by atoms with E-state index in [9.17, 15) is 5.11 Å². The lowest BCUT2D eigenvalue weighted by atomic mass is 10.2. The van der Waals surface area contributed by atoms with Gasteiger partial charge in [0.15, 0.2) is 0 Å². The van der Waals surface area contributed by atoms with Crippen LogP contribution in [0.15, 0.2) is 16.8 Å². The van der Waals surface area contributed by atoms with Crippen LogP contribution in [-0.4, -0.2) is 37.9 Å². The Labute approximate surface area is 103 Å². The minimum atomic E-state index is -0.355. The van der Waals surface area contributed by atoms with Gasteiger partial charge in [-0.05, 0) is 19.4 Å². The molecule has 2 unspecified atom stereocenters. The monoisotopic (exact) mass is 247 g/mol. The van der Waals surface area contributed by atoms with Gasteiger partial charge in [0.25, 0.3) is 0 Å². The van der Waals surface area contributed by atoms with E-state index in [0.29, 0.717) is 36.2 Å². The molecule has 0 saturated carbocycles. The number of rotatable bonds is 2. The molecule has 0 radical (unpaired) electrons. The Balaban J connectivity index is 1.85. The zero-order valence-corrected chi connectivity index (χ0v) is 9.87. The molecule has 0 bridgehead atoms. The number of aliphatic hydroxyl groups is 1. The maximum absolute atomic E-state index is 9.45. The first kappa shape index (κ1) is 11.2. The summed E-state index contributed by atoms with van der Waals surface area (Å²) in [6.45, 7) is 2.36. The Kier molecular flexibility index (Phi) is 2.77. The third-order valence-corrected chi connectivity index (χ3v) is 2.85. The predicted octanol–water partition coefficient (Wildman–Crippen LogP) is 0.230. The molecule has 7 heteroatoms. The molecule has 1 fully saturated rings. The maximum atomic E-state index is 9.45. The molecule has 94 valence electrons. The molecule has 3 rings (SSSR count). The molecule has 3 heterocycles. The summed E-state index contributed by atoms with van der Waals surface area (Å²) < 4.78 is 5.20. The van der Waals surface area contributed by atoms with Crippen molar-refractivity contribution in [2.45, 2.75) is 25.5 Å². The van der Waals surface area contributed by atoms with Crippen molar-refractivity contribution >= 4 is 0 Å². The zero-order chi connectivity index (χ0) is 12.5. The van der Waals surface area contributed by atoms with E-state index in [0.717, 1.165) is 0 Å². The molecule has 0 amide bonds. The molecule has 0 aliphatic carbocycles. The van der Waals surface area contributed by atoms with Crippen LogP contribution in [0.4, 0.5) is 0 Å². The Bertz CT molecular complexity index is 556. The third-order valence-electron chi connectivity index (χ3n) is 2.85. The van der Waals surface area contributed by atoms with Crippen LogP contribution in [0.25, 0.3) is 11.5 Å². The minimum Gasteiger partial charge on any atom is -0.392 e. The van der Waals surface area contributed by atoms with Crippen molar-refractivity contribution in [2.24, 2.45) is 0 Å². The quantitative estimate of drug-likeness (QED) is 0.784. The van der Waals surface area contributed by atoms with E-state index in [1.807, 2.05) is 0 Å². The fourth-order valence-corrected chi connectivity index (χ4v) is 1.97. The molecule has 2 aromatic heterocycles. The summed E-state index contributed by atoms with van der Waals surface area (Å²) in [7, 11) is 0. The number of aryl methyl sites for hydroxylation is 1. The Morgan fingerprint density at radius 3 is 3.06 bits per heavy atom. The van der Waals surface area contributed by atoms with Crippen LogP contribution < -0.4 is 5.32 Å². The first-order valence-corrected chi connectivity index (χ1v) is 5.77. The lowest BCUT2D eigenvalue weighted by Gasteiger charge is -2.01. The smallest absolute Gasteiger partial charge is 0.244 e. The zero-order valence-electron chi connectivity index (χ0n) is 9.87. The van der Waals surface area contributed by atoms with Gasteiger partial charge in [0, 0.05) is 12.7 Å². The largest absolute Gasteiger partial charge is 0.392 e. The highest BCUT2D eigenvalue weighted by Crippen LogP contribution is 2.23. The van der Waals surface area contributed by atoms with E-state index in [4.69, 9.17) is 4.52 Å². The van der Waals surface area contributed by atoms with Crippen LogP contribution in [0.2, 0.25) is 0 Å². The van der Waals surface area contributed by atoms with Gasteiger partial charge in [0.1, 0.15) is 11.5 Å². The summed E-state index contributed by atoms with van der Waals surface area (Å²) in [6, 6.07) is 1.66. The van der Waals surface area contributed by atoms with Crippen LogP contribution in [0.1, 0.15) is 24.2 Å². The highest BCUT2D eigenvalue weighted by Gasteiger charge is 2.28. The van der Waals surface area contributed by atoms with Crippen LogP contribution in [0.3, 0.4) is 0 Å². The summed E-state index contributed by atoms with van der Waals surface area (Å²) >= 11 is 0. The number of hydrogen-bond acceptors (Lipinski definition) is 7. The summed E-state index contributed by atoms with van der Waals surface area (Å²) in [5.74, 6) is 1.59. The van der Waals surface area contributed by atoms with Gasteiger partial charge in [-0.2, -0.15) is 4.98 Å². The van der Waals surface area contributed by atoms with Crippen molar-refractivity contribution in [3.8, 4) is 11.5 Å². The molecule has 0 aromatic carbocycles. The predicted molar refractivity (Wildman–Crippen MR) is 61.4 cm³/mol. The summed E-state index contributed by atoms with van der Waals surface area (Å²) in [5, 5.41) is 16.5. The fraction of sp³-hybridized carbons (Fsp3) is 0.455.